The first-order valence-corrected chi connectivity index (χ1v) is 6.18. The molecule has 0 spiro atoms. The Balaban J connectivity index is 3.21. The van der Waals surface area contributed by atoms with Crippen molar-refractivity contribution in [2.45, 2.75) is 19.3 Å². The fourth-order valence-corrected chi connectivity index (χ4v) is 2.15. The standard InChI is InChI=1S/C14H17NO5/c1-4-11(9-6-5-7-10(8-9)15-18)12(13(16)19-2)14(17)20-3/h5-8,11-12H,4H2,1-3H3. The molecule has 6 nitrogen and oxygen atoms in total. The lowest BCUT2D eigenvalue weighted by atomic mass is 9.84. The first kappa shape index (κ1) is 15.8. The Morgan fingerprint density at radius 2 is 1.80 bits per heavy atom. The van der Waals surface area contributed by atoms with E-state index in [0.29, 0.717) is 12.0 Å². The van der Waals surface area contributed by atoms with E-state index in [2.05, 4.69) is 14.7 Å². The molecule has 1 rings (SSSR count). The second-order valence-corrected chi connectivity index (χ2v) is 4.23. The van der Waals surface area contributed by atoms with Gasteiger partial charge in [0.15, 0.2) is 5.92 Å². The highest BCUT2D eigenvalue weighted by Gasteiger charge is 2.36. The highest BCUT2D eigenvalue weighted by Crippen LogP contribution is 2.32. The van der Waals surface area contributed by atoms with Gasteiger partial charge in [-0.3, -0.25) is 9.59 Å². The summed E-state index contributed by atoms with van der Waals surface area (Å²) in [5.41, 5.74) is 0.917. The van der Waals surface area contributed by atoms with Crippen molar-refractivity contribution in [1.29, 1.82) is 0 Å². The third kappa shape index (κ3) is 3.40. The van der Waals surface area contributed by atoms with E-state index >= 15 is 0 Å². The molecule has 0 saturated heterocycles. The summed E-state index contributed by atoms with van der Waals surface area (Å²) in [6.07, 6.45) is 0.511. The molecule has 1 aromatic carbocycles. The van der Waals surface area contributed by atoms with Gasteiger partial charge in [0.25, 0.3) is 0 Å². The number of rotatable bonds is 6. The molecule has 108 valence electrons. The average molecular weight is 279 g/mol. The zero-order valence-electron chi connectivity index (χ0n) is 11.7. The van der Waals surface area contributed by atoms with Crippen molar-refractivity contribution in [1.82, 2.24) is 0 Å². The lowest BCUT2D eigenvalue weighted by Crippen LogP contribution is -2.32. The van der Waals surface area contributed by atoms with Gasteiger partial charge in [-0.25, -0.2) is 0 Å². The van der Waals surface area contributed by atoms with Crippen LogP contribution in [-0.2, 0) is 19.1 Å². The second kappa shape index (κ2) is 7.37. The predicted octanol–water partition coefficient (Wildman–Crippen LogP) is 2.54. The molecule has 1 unspecified atom stereocenters. The van der Waals surface area contributed by atoms with Crippen LogP contribution in [0.25, 0.3) is 0 Å². The van der Waals surface area contributed by atoms with Gasteiger partial charge in [-0.15, -0.1) is 4.91 Å². The highest BCUT2D eigenvalue weighted by atomic mass is 16.5. The van der Waals surface area contributed by atoms with Crippen LogP contribution in [0, 0.1) is 10.8 Å². The summed E-state index contributed by atoms with van der Waals surface area (Å²) in [6.45, 7) is 1.84. The maximum absolute atomic E-state index is 11.8. The third-order valence-electron chi connectivity index (χ3n) is 3.16. The number of nitrogens with zero attached hydrogens (tertiary/aromatic N) is 1. The second-order valence-electron chi connectivity index (χ2n) is 4.23. The van der Waals surface area contributed by atoms with Crippen molar-refractivity contribution in [3.63, 3.8) is 0 Å². The number of ether oxygens (including phenoxy) is 2. The van der Waals surface area contributed by atoms with Crippen LogP contribution < -0.4 is 0 Å². The maximum Gasteiger partial charge on any atom is 0.320 e. The average Bonchev–Trinajstić information content (AvgIpc) is 2.51. The summed E-state index contributed by atoms with van der Waals surface area (Å²) in [7, 11) is 2.43. The van der Waals surface area contributed by atoms with Gasteiger partial charge >= 0.3 is 11.9 Å². The molecule has 1 aromatic rings. The van der Waals surface area contributed by atoms with Gasteiger partial charge in [0.05, 0.1) is 14.2 Å². The molecule has 0 fully saturated rings. The fourth-order valence-electron chi connectivity index (χ4n) is 2.15. The van der Waals surface area contributed by atoms with Gasteiger partial charge in [-0.2, -0.15) is 0 Å². The zero-order valence-corrected chi connectivity index (χ0v) is 11.7. The molecular formula is C14H17NO5. The number of benzene rings is 1. The molecule has 0 radical (unpaired) electrons. The van der Waals surface area contributed by atoms with Crippen molar-refractivity contribution < 1.29 is 19.1 Å². The minimum absolute atomic E-state index is 0.245. The number of nitroso groups, excluding NO2 is 1. The van der Waals surface area contributed by atoms with E-state index in [1.54, 1.807) is 24.3 Å². The van der Waals surface area contributed by atoms with Crippen LogP contribution in [-0.4, -0.2) is 26.2 Å². The molecule has 0 bridgehead atoms. The Morgan fingerprint density at radius 3 is 2.25 bits per heavy atom. The smallest absolute Gasteiger partial charge is 0.320 e. The monoisotopic (exact) mass is 279 g/mol. The predicted molar refractivity (Wildman–Crippen MR) is 72.5 cm³/mol. The molecule has 0 N–H and O–H groups in total. The third-order valence-corrected chi connectivity index (χ3v) is 3.16. The molecule has 1 atom stereocenters. The van der Waals surface area contributed by atoms with Crippen LogP contribution in [0.4, 0.5) is 5.69 Å². The number of methoxy groups -OCH3 is 2. The lowest BCUT2D eigenvalue weighted by molar-refractivity contribution is -0.160. The van der Waals surface area contributed by atoms with Gasteiger partial charge in [0.2, 0.25) is 0 Å². The first-order chi connectivity index (χ1) is 9.58. The Morgan fingerprint density at radius 1 is 1.20 bits per heavy atom. The summed E-state index contributed by atoms with van der Waals surface area (Å²) in [6, 6.07) is 6.50. The van der Waals surface area contributed by atoms with Crippen molar-refractivity contribution in [3.05, 3.63) is 34.7 Å². The van der Waals surface area contributed by atoms with Crippen LogP contribution in [0.1, 0.15) is 24.8 Å². The van der Waals surface area contributed by atoms with Crippen molar-refractivity contribution in [2.75, 3.05) is 14.2 Å². The number of esters is 2. The largest absolute Gasteiger partial charge is 0.468 e. The topological polar surface area (TPSA) is 82.0 Å². The van der Waals surface area contributed by atoms with Gasteiger partial charge in [0, 0.05) is 5.92 Å². The van der Waals surface area contributed by atoms with E-state index in [1.165, 1.54) is 14.2 Å². The maximum atomic E-state index is 11.8. The van der Waals surface area contributed by atoms with E-state index in [0.717, 1.165) is 0 Å². The molecule has 20 heavy (non-hydrogen) atoms. The van der Waals surface area contributed by atoms with Gasteiger partial charge in [0.1, 0.15) is 5.69 Å². The minimum atomic E-state index is -1.06. The number of hydrogen-bond acceptors (Lipinski definition) is 6. The molecule has 0 aliphatic rings. The van der Waals surface area contributed by atoms with Crippen molar-refractivity contribution >= 4 is 17.6 Å². The van der Waals surface area contributed by atoms with Gasteiger partial charge in [-0.05, 0) is 29.3 Å². The molecule has 0 aromatic heterocycles. The summed E-state index contributed by atoms with van der Waals surface area (Å²) in [4.78, 5) is 34.3. The number of carbonyl (C=O) groups excluding carboxylic acids is 2. The van der Waals surface area contributed by atoms with E-state index in [9.17, 15) is 14.5 Å². The van der Waals surface area contributed by atoms with Crippen LogP contribution >= 0.6 is 0 Å². The summed E-state index contributed by atoms with van der Waals surface area (Å²) >= 11 is 0. The molecule has 0 amide bonds. The summed E-state index contributed by atoms with van der Waals surface area (Å²) in [5, 5.41) is 2.85. The Kier molecular flexibility index (Phi) is 5.83. The lowest BCUT2D eigenvalue weighted by Gasteiger charge is -2.22. The van der Waals surface area contributed by atoms with Crippen LogP contribution in [0.15, 0.2) is 29.4 Å². The molecular weight excluding hydrogens is 262 g/mol. The van der Waals surface area contributed by atoms with Gasteiger partial charge < -0.3 is 9.47 Å². The quantitative estimate of drug-likeness (QED) is 0.454. The van der Waals surface area contributed by atoms with E-state index in [4.69, 9.17) is 0 Å². The Bertz CT molecular complexity index is 484. The minimum Gasteiger partial charge on any atom is -0.468 e. The summed E-state index contributed by atoms with van der Waals surface area (Å²) < 4.78 is 9.34. The van der Waals surface area contributed by atoms with Crippen LogP contribution in [0.3, 0.4) is 0 Å². The van der Waals surface area contributed by atoms with Crippen LogP contribution in [0.5, 0.6) is 0 Å². The molecule has 0 heterocycles. The zero-order chi connectivity index (χ0) is 15.1. The number of carbonyl (C=O) groups is 2. The van der Waals surface area contributed by atoms with Crippen LogP contribution in [0.2, 0.25) is 0 Å². The summed E-state index contributed by atoms with van der Waals surface area (Å²) in [5.74, 6) is -2.81. The van der Waals surface area contributed by atoms with Gasteiger partial charge in [-0.1, -0.05) is 19.1 Å². The van der Waals surface area contributed by atoms with E-state index in [-0.39, 0.29) is 5.69 Å². The highest BCUT2D eigenvalue weighted by molar-refractivity contribution is 5.96. The normalized spacial score (nSPS) is 11.8. The molecule has 0 aliphatic heterocycles. The Hall–Kier alpha value is -2.24. The van der Waals surface area contributed by atoms with Crippen molar-refractivity contribution in [2.24, 2.45) is 11.1 Å². The molecule has 0 saturated carbocycles. The number of hydrogen-bond donors (Lipinski definition) is 0. The Labute approximate surface area is 117 Å². The SMILES string of the molecule is CCC(c1cccc(N=O)c1)C(C(=O)OC)C(=O)OC. The molecule has 6 heteroatoms. The molecule has 0 aliphatic carbocycles. The van der Waals surface area contributed by atoms with E-state index < -0.39 is 23.8 Å². The van der Waals surface area contributed by atoms with E-state index in [1.807, 2.05) is 6.92 Å². The first-order valence-electron chi connectivity index (χ1n) is 6.18. The van der Waals surface area contributed by atoms with Crippen molar-refractivity contribution in [3.8, 4) is 0 Å². The fraction of sp³-hybridized carbons (Fsp3) is 0.429.